The van der Waals surface area contributed by atoms with E-state index in [1.54, 1.807) is 0 Å². The van der Waals surface area contributed by atoms with Crippen molar-refractivity contribution in [3.8, 4) is 0 Å². The molecule has 0 bridgehead atoms. The molecule has 0 radical (unpaired) electrons. The van der Waals surface area contributed by atoms with Crippen LogP contribution in [0.1, 0.15) is 43.6 Å². The van der Waals surface area contributed by atoms with Gasteiger partial charge in [-0.2, -0.15) is 5.10 Å². The van der Waals surface area contributed by atoms with Gasteiger partial charge in [-0.25, -0.2) is 0 Å². The summed E-state index contributed by atoms with van der Waals surface area (Å²) in [5.74, 6) is 1.53. The quantitative estimate of drug-likeness (QED) is 0.691. The van der Waals surface area contributed by atoms with Gasteiger partial charge in [-0.3, -0.25) is 4.68 Å². The zero-order valence-corrected chi connectivity index (χ0v) is 14.9. The van der Waals surface area contributed by atoms with Gasteiger partial charge in [0.05, 0.1) is 15.9 Å². The number of halogens is 1. The largest absolute Gasteiger partial charge is 0.270 e. The molecule has 0 aliphatic carbocycles. The lowest BCUT2D eigenvalue weighted by Gasteiger charge is -2.07. The zero-order chi connectivity index (χ0) is 14.7. The first kappa shape index (κ1) is 15.6. The smallest absolute Gasteiger partial charge is 0.0767 e. The summed E-state index contributed by atoms with van der Waals surface area (Å²) in [6, 6.07) is 8.88. The molecule has 0 spiro atoms. The van der Waals surface area contributed by atoms with Gasteiger partial charge in [0.2, 0.25) is 0 Å². The zero-order valence-electron chi connectivity index (χ0n) is 12.5. The molecule has 0 N–H and O–H groups in total. The Labute approximate surface area is 134 Å². The SMILES string of the molecule is CCc1nn(C)c(CSc2ccc(C(C)C)cc2)c1Br. The molecular weight excluding hydrogens is 332 g/mol. The Kier molecular flexibility index (Phi) is 5.33. The van der Waals surface area contributed by atoms with Crippen LogP contribution in [-0.2, 0) is 19.2 Å². The van der Waals surface area contributed by atoms with Gasteiger partial charge in [0.25, 0.3) is 0 Å². The summed E-state index contributed by atoms with van der Waals surface area (Å²) in [6.07, 6.45) is 0.960. The maximum absolute atomic E-state index is 4.53. The van der Waals surface area contributed by atoms with E-state index < -0.39 is 0 Å². The van der Waals surface area contributed by atoms with Crippen LogP contribution in [0, 0.1) is 0 Å². The summed E-state index contributed by atoms with van der Waals surface area (Å²) in [7, 11) is 2.02. The van der Waals surface area contributed by atoms with E-state index in [2.05, 4.69) is 66.1 Å². The molecule has 2 rings (SSSR count). The Morgan fingerprint density at radius 2 is 1.90 bits per heavy atom. The number of benzene rings is 1. The molecule has 2 aromatic rings. The van der Waals surface area contributed by atoms with Crippen LogP contribution in [0.15, 0.2) is 33.6 Å². The van der Waals surface area contributed by atoms with Crippen LogP contribution in [-0.4, -0.2) is 9.78 Å². The molecule has 1 aromatic heterocycles. The molecule has 108 valence electrons. The van der Waals surface area contributed by atoms with Gasteiger partial charge >= 0.3 is 0 Å². The second-order valence-electron chi connectivity index (χ2n) is 5.20. The van der Waals surface area contributed by atoms with Crippen LogP contribution in [0.2, 0.25) is 0 Å². The maximum atomic E-state index is 4.53. The van der Waals surface area contributed by atoms with Crippen LogP contribution in [0.3, 0.4) is 0 Å². The lowest BCUT2D eigenvalue weighted by molar-refractivity contribution is 0.719. The van der Waals surface area contributed by atoms with Crippen LogP contribution in [0.25, 0.3) is 0 Å². The third-order valence-corrected chi connectivity index (χ3v) is 5.36. The second-order valence-corrected chi connectivity index (χ2v) is 7.04. The number of hydrogen-bond donors (Lipinski definition) is 0. The van der Waals surface area contributed by atoms with Crippen molar-refractivity contribution in [2.45, 2.75) is 43.8 Å². The summed E-state index contributed by atoms with van der Waals surface area (Å²) in [4.78, 5) is 1.31. The van der Waals surface area contributed by atoms with Gasteiger partial charge in [0.1, 0.15) is 0 Å². The molecule has 20 heavy (non-hydrogen) atoms. The van der Waals surface area contributed by atoms with Crippen molar-refractivity contribution in [3.63, 3.8) is 0 Å². The number of aryl methyl sites for hydroxylation is 2. The molecular formula is C16H21BrN2S. The van der Waals surface area contributed by atoms with Crippen molar-refractivity contribution in [1.29, 1.82) is 0 Å². The van der Waals surface area contributed by atoms with E-state index in [-0.39, 0.29) is 0 Å². The number of rotatable bonds is 5. The fourth-order valence-corrected chi connectivity index (χ4v) is 3.98. The summed E-state index contributed by atoms with van der Waals surface area (Å²) < 4.78 is 3.15. The molecule has 2 nitrogen and oxygen atoms in total. The Morgan fingerprint density at radius 3 is 2.40 bits per heavy atom. The van der Waals surface area contributed by atoms with E-state index in [0.717, 1.165) is 22.3 Å². The van der Waals surface area contributed by atoms with Gasteiger partial charge in [-0.15, -0.1) is 11.8 Å². The third kappa shape index (κ3) is 3.47. The summed E-state index contributed by atoms with van der Waals surface area (Å²) in [6.45, 7) is 6.58. The maximum Gasteiger partial charge on any atom is 0.0767 e. The standard InChI is InChI=1S/C16H21BrN2S/c1-5-14-16(17)15(19(4)18-14)10-20-13-8-6-12(7-9-13)11(2)3/h6-9,11H,5,10H2,1-4H3. The first-order valence-electron chi connectivity index (χ1n) is 6.96. The first-order valence-corrected chi connectivity index (χ1v) is 8.73. The minimum absolute atomic E-state index is 0.590. The molecule has 0 aliphatic heterocycles. The van der Waals surface area contributed by atoms with Crippen molar-refractivity contribution in [3.05, 3.63) is 45.7 Å². The molecule has 0 fully saturated rings. The lowest BCUT2D eigenvalue weighted by Crippen LogP contribution is -1.97. The highest BCUT2D eigenvalue weighted by Gasteiger charge is 2.12. The van der Waals surface area contributed by atoms with Crippen molar-refractivity contribution in [1.82, 2.24) is 9.78 Å². The average Bonchev–Trinajstić information content (AvgIpc) is 2.71. The van der Waals surface area contributed by atoms with Gasteiger partial charge < -0.3 is 0 Å². The Bertz CT molecular complexity index is 573. The molecule has 0 unspecified atom stereocenters. The highest BCUT2D eigenvalue weighted by Crippen LogP contribution is 2.29. The van der Waals surface area contributed by atoms with Crippen LogP contribution in [0.5, 0.6) is 0 Å². The van der Waals surface area contributed by atoms with Crippen LogP contribution < -0.4 is 0 Å². The van der Waals surface area contributed by atoms with Gasteiger partial charge in [-0.05, 0) is 46.0 Å². The van der Waals surface area contributed by atoms with Gasteiger partial charge in [0.15, 0.2) is 0 Å². The predicted molar refractivity (Wildman–Crippen MR) is 90.4 cm³/mol. The normalized spacial score (nSPS) is 11.3. The highest BCUT2D eigenvalue weighted by molar-refractivity contribution is 9.10. The molecule has 0 saturated heterocycles. The average molecular weight is 353 g/mol. The summed E-state index contributed by atoms with van der Waals surface area (Å²) in [5, 5.41) is 4.53. The van der Waals surface area contributed by atoms with Gasteiger partial charge in [-0.1, -0.05) is 32.9 Å². The lowest BCUT2D eigenvalue weighted by atomic mass is 10.0. The number of aromatic nitrogens is 2. The van der Waals surface area contributed by atoms with E-state index in [1.807, 2.05) is 23.5 Å². The topological polar surface area (TPSA) is 17.8 Å². The van der Waals surface area contributed by atoms with Crippen molar-refractivity contribution in [2.75, 3.05) is 0 Å². The summed E-state index contributed by atoms with van der Waals surface area (Å²) >= 11 is 5.53. The van der Waals surface area contributed by atoms with Crippen molar-refractivity contribution in [2.24, 2.45) is 7.05 Å². The van der Waals surface area contributed by atoms with E-state index in [1.165, 1.54) is 16.2 Å². The molecule has 4 heteroatoms. The molecule has 1 aromatic carbocycles. The van der Waals surface area contributed by atoms with E-state index >= 15 is 0 Å². The molecule has 0 saturated carbocycles. The third-order valence-electron chi connectivity index (χ3n) is 3.43. The Morgan fingerprint density at radius 1 is 1.25 bits per heavy atom. The fourth-order valence-electron chi connectivity index (χ4n) is 2.08. The Hall–Kier alpha value is -0.740. The molecule has 0 amide bonds. The predicted octanol–water partition coefficient (Wildman–Crippen LogP) is 5.16. The van der Waals surface area contributed by atoms with Crippen LogP contribution in [0.4, 0.5) is 0 Å². The van der Waals surface area contributed by atoms with Gasteiger partial charge in [0, 0.05) is 17.7 Å². The monoisotopic (exact) mass is 352 g/mol. The van der Waals surface area contributed by atoms with Crippen molar-refractivity contribution >= 4 is 27.7 Å². The Balaban J connectivity index is 2.07. The number of hydrogen-bond acceptors (Lipinski definition) is 2. The van der Waals surface area contributed by atoms with E-state index in [4.69, 9.17) is 0 Å². The summed E-state index contributed by atoms with van der Waals surface area (Å²) in [5.41, 5.74) is 3.78. The molecule has 0 aliphatic rings. The molecule has 0 atom stereocenters. The van der Waals surface area contributed by atoms with Crippen LogP contribution >= 0.6 is 27.7 Å². The molecule has 1 heterocycles. The fraction of sp³-hybridized carbons (Fsp3) is 0.438. The van der Waals surface area contributed by atoms with E-state index in [0.29, 0.717) is 5.92 Å². The highest BCUT2D eigenvalue weighted by atomic mass is 79.9. The second kappa shape index (κ2) is 6.81. The first-order chi connectivity index (χ1) is 9.52. The van der Waals surface area contributed by atoms with E-state index in [9.17, 15) is 0 Å². The minimum Gasteiger partial charge on any atom is -0.270 e. The number of nitrogens with zero attached hydrogens (tertiary/aromatic N) is 2. The number of thioether (sulfide) groups is 1. The van der Waals surface area contributed by atoms with Crippen molar-refractivity contribution < 1.29 is 0 Å². The minimum atomic E-state index is 0.590.